The van der Waals surface area contributed by atoms with Crippen molar-refractivity contribution in [2.75, 3.05) is 42.0 Å². The van der Waals surface area contributed by atoms with E-state index in [0.29, 0.717) is 29.2 Å². The zero-order valence-corrected chi connectivity index (χ0v) is 22.4. The maximum Gasteiger partial charge on any atom is 0.249 e. The third-order valence-corrected chi connectivity index (χ3v) is 8.65. The molecule has 0 amide bonds. The summed E-state index contributed by atoms with van der Waals surface area (Å²) in [7, 11) is 0. The van der Waals surface area contributed by atoms with Crippen LogP contribution >= 0.6 is 35.0 Å². The maximum absolute atomic E-state index is 6.44. The first kappa shape index (κ1) is 24.0. The molecule has 0 radical (unpaired) electrons. The number of fused-ring (bicyclic) bond motifs is 1. The Kier molecular flexibility index (Phi) is 6.82. The summed E-state index contributed by atoms with van der Waals surface area (Å²) in [5, 5.41) is 8.17. The van der Waals surface area contributed by atoms with Crippen LogP contribution in [0.15, 0.2) is 47.6 Å². The molecule has 2 aromatic carbocycles. The lowest BCUT2D eigenvalue weighted by Gasteiger charge is -2.32. The highest BCUT2D eigenvalue weighted by atomic mass is 35.5. The van der Waals surface area contributed by atoms with Crippen molar-refractivity contribution in [1.29, 1.82) is 0 Å². The molecule has 1 unspecified atom stereocenters. The van der Waals surface area contributed by atoms with Gasteiger partial charge in [0.25, 0.3) is 0 Å². The van der Waals surface area contributed by atoms with E-state index in [2.05, 4.69) is 36.1 Å². The van der Waals surface area contributed by atoms with E-state index < -0.39 is 0 Å². The van der Waals surface area contributed by atoms with Crippen molar-refractivity contribution in [3.63, 3.8) is 0 Å². The van der Waals surface area contributed by atoms with E-state index in [1.807, 2.05) is 35.0 Å². The molecule has 0 saturated carbocycles. The molecule has 1 atom stereocenters. The average molecular weight is 541 g/mol. The van der Waals surface area contributed by atoms with Crippen LogP contribution in [0.3, 0.4) is 0 Å². The van der Waals surface area contributed by atoms with Crippen LogP contribution in [0.4, 0.5) is 11.8 Å². The molecule has 1 aromatic heterocycles. The molecule has 6 nitrogen and oxygen atoms in total. The number of aryl methyl sites for hydroxylation is 2. The second kappa shape index (κ2) is 10.2. The second-order valence-corrected chi connectivity index (χ2v) is 11.2. The van der Waals surface area contributed by atoms with Crippen molar-refractivity contribution < 1.29 is 4.74 Å². The first-order valence-electron chi connectivity index (χ1n) is 12.3. The summed E-state index contributed by atoms with van der Waals surface area (Å²) >= 11 is 14.6. The topological polar surface area (TPSA) is 53.9 Å². The van der Waals surface area contributed by atoms with Crippen molar-refractivity contribution in [2.45, 2.75) is 31.6 Å². The predicted molar refractivity (Wildman–Crippen MR) is 149 cm³/mol. The third-order valence-electron chi connectivity index (χ3n) is 6.93. The molecule has 186 valence electrons. The van der Waals surface area contributed by atoms with Crippen LogP contribution in [0.1, 0.15) is 40.4 Å². The molecular formula is C27H27Cl2N5OS. The SMILES string of the molecule is Cc1ccc(C2=NN(c3nc4c(c(N5CCOCC5)n3)CSCC4)C(c3ccc(Cl)c(Cl)c3)C2)cc1. The molecule has 0 bridgehead atoms. The van der Waals surface area contributed by atoms with Crippen LogP contribution in [0.5, 0.6) is 0 Å². The number of hydrogen-bond acceptors (Lipinski definition) is 7. The van der Waals surface area contributed by atoms with Gasteiger partial charge in [-0.15, -0.1) is 0 Å². The largest absolute Gasteiger partial charge is 0.378 e. The highest BCUT2D eigenvalue weighted by molar-refractivity contribution is 7.98. The second-order valence-electron chi connectivity index (χ2n) is 9.33. The Morgan fingerprint density at radius 2 is 1.81 bits per heavy atom. The highest BCUT2D eigenvalue weighted by Crippen LogP contribution is 2.40. The smallest absolute Gasteiger partial charge is 0.249 e. The number of hydrazone groups is 1. The van der Waals surface area contributed by atoms with Crippen LogP contribution in [0, 0.1) is 6.92 Å². The number of ether oxygens (including phenoxy) is 1. The van der Waals surface area contributed by atoms with E-state index in [-0.39, 0.29) is 6.04 Å². The molecule has 9 heteroatoms. The maximum atomic E-state index is 6.44. The molecule has 0 aliphatic carbocycles. The van der Waals surface area contributed by atoms with Gasteiger partial charge in [0.15, 0.2) is 0 Å². The van der Waals surface area contributed by atoms with E-state index in [1.165, 1.54) is 11.1 Å². The Hall–Kier alpha value is -2.32. The van der Waals surface area contributed by atoms with Crippen LogP contribution in [0.25, 0.3) is 0 Å². The summed E-state index contributed by atoms with van der Waals surface area (Å²) in [6.07, 6.45) is 1.66. The lowest BCUT2D eigenvalue weighted by atomic mass is 9.98. The number of rotatable bonds is 4. The van der Waals surface area contributed by atoms with Gasteiger partial charge in [0.05, 0.1) is 40.7 Å². The van der Waals surface area contributed by atoms with Gasteiger partial charge in [0.2, 0.25) is 5.95 Å². The lowest BCUT2D eigenvalue weighted by molar-refractivity contribution is 0.122. The van der Waals surface area contributed by atoms with Gasteiger partial charge >= 0.3 is 0 Å². The van der Waals surface area contributed by atoms with E-state index >= 15 is 0 Å². The quantitative estimate of drug-likeness (QED) is 0.400. The zero-order valence-electron chi connectivity index (χ0n) is 20.1. The van der Waals surface area contributed by atoms with Gasteiger partial charge < -0.3 is 9.64 Å². The van der Waals surface area contributed by atoms with Crippen LogP contribution in [0.2, 0.25) is 10.0 Å². The van der Waals surface area contributed by atoms with Gasteiger partial charge in [-0.3, -0.25) is 0 Å². The summed E-state index contributed by atoms with van der Waals surface area (Å²) in [5.41, 5.74) is 6.77. The zero-order chi connectivity index (χ0) is 24.6. The Bertz CT molecular complexity index is 1310. The minimum Gasteiger partial charge on any atom is -0.378 e. The van der Waals surface area contributed by atoms with Gasteiger partial charge in [-0.05, 0) is 42.4 Å². The number of hydrogen-bond donors (Lipinski definition) is 0. The Balaban J connectivity index is 1.46. The minimum atomic E-state index is -0.0791. The van der Waals surface area contributed by atoms with Crippen molar-refractivity contribution >= 4 is 52.4 Å². The van der Waals surface area contributed by atoms with Crippen molar-refractivity contribution in [3.05, 3.63) is 80.5 Å². The number of thioether (sulfide) groups is 1. The summed E-state index contributed by atoms with van der Waals surface area (Å²) in [6, 6.07) is 14.2. The van der Waals surface area contributed by atoms with E-state index in [0.717, 1.165) is 65.8 Å². The van der Waals surface area contributed by atoms with E-state index in [9.17, 15) is 0 Å². The number of aromatic nitrogens is 2. The fraction of sp³-hybridized carbons (Fsp3) is 0.370. The van der Waals surface area contributed by atoms with Crippen molar-refractivity contribution in [2.24, 2.45) is 5.10 Å². The standard InChI is InChI=1S/C27H27Cl2N5OS/c1-17-2-4-18(5-3-17)24-15-25(19-6-7-21(28)22(29)14-19)34(32-24)27-30-23-8-13-36-16-20(23)26(31-27)33-9-11-35-12-10-33/h2-7,14,25H,8-13,15-16H2,1H3. The van der Waals surface area contributed by atoms with Gasteiger partial charge in [0.1, 0.15) is 5.82 Å². The van der Waals surface area contributed by atoms with E-state index in [1.54, 1.807) is 0 Å². The number of nitrogens with zero attached hydrogens (tertiary/aromatic N) is 5. The minimum absolute atomic E-state index is 0.0791. The predicted octanol–water partition coefficient (Wildman–Crippen LogP) is 6.07. The number of benzene rings is 2. The summed E-state index contributed by atoms with van der Waals surface area (Å²) < 4.78 is 5.62. The molecular weight excluding hydrogens is 513 g/mol. The molecule has 3 aliphatic rings. The van der Waals surface area contributed by atoms with E-state index in [4.69, 9.17) is 43.0 Å². The summed E-state index contributed by atoms with van der Waals surface area (Å²) in [6.45, 7) is 5.19. The molecule has 1 fully saturated rings. The molecule has 3 aromatic rings. The molecule has 36 heavy (non-hydrogen) atoms. The molecule has 1 saturated heterocycles. The average Bonchev–Trinajstić information content (AvgIpc) is 3.36. The first-order chi connectivity index (χ1) is 17.6. The van der Waals surface area contributed by atoms with Gasteiger partial charge in [0, 0.05) is 30.8 Å². The fourth-order valence-corrected chi connectivity index (χ4v) is 6.22. The van der Waals surface area contributed by atoms with Gasteiger partial charge in [-0.25, -0.2) is 9.99 Å². The molecule has 3 aliphatic heterocycles. The Labute approximate surface area is 225 Å². The number of halogens is 2. The third kappa shape index (κ3) is 4.70. The lowest BCUT2D eigenvalue weighted by Crippen LogP contribution is -2.38. The fourth-order valence-electron chi connectivity index (χ4n) is 4.94. The van der Waals surface area contributed by atoms with Crippen LogP contribution < -0.4 is 9.91 Å². The molecule has 6 rings (SSSR count). The van der Waals surface area contributed by atoms with Crippen molar-refractivity contribution in [3.8, 4) is 0 Å². The highest BCUT2D eigenvalue weighted by Gasteiger charge is 2.34. The number of morpholine rings is 1. The number of anilines is 2. The Morgan fingerprint density at radius 3 is 2.58 bits per heavy atom. The van der Waals surface area contributed by atoms with Gasteiger partial charge in [-0.2, -0.15) is 21.8 Å². The summed E-state index contributed by atoms with van der Waals surface area (Å²) in [5.74, 6) is 3.67. The van der Waals surface area contributed by atoms with Crippen LogP contribution in [-0.4, -0.2) is 47.7 Å². The normalized spacial score (nSPS) is 19.9. The van der Waals surface area contributed by atoms with Crippen molar-refractivity contribution in [1.82, 2.24) is 9.97 Å². The molecule has 4 heterocycles. The Morgan fingerprint density at radius 1 is 1.00 bits per heavy atom. The summed E-state index contributed by atoms with van der Waals surface area (Å²) in [4.78, 5) is 12.6. The molecule has 0 N–H and O–H groups in total. The first-order valence-corrected chi connectivity index (χ1v) is 14.2. The molecule has 0 spiro atoms. The van der Waals surface area contributed by atoms with Gasteiger partial charge in [-0.1, -0.05) is 59.1 Å². The monoisotopic (exact) mass is 539 g/mol. The van der Waals surface area contributed by atoms with Crippen LogP contribution in [-0.2, 0) is 16.9 Å².